The average molecular weight is 536 g/mol. The van der Waals surface area contributed by atoms with Crippen molar-refractivity contribution in [3.63, 3.8) is 0 Å². The monoisotopic (exact) mass is 535 g/mol. The molecule has 0 unspecified atom stereocenters. The van der Waals surface area contributed by atoms with Gasteiger partial charge in [-0.1, -0.05) is 73.2 Å². The van der Waals surface area contributed by atoms with Crippen molar-refractivity contribution in [2.45, 2.75) is 51.5 Å². The standard InChI is InChI=1S/C30H37N3O4S/c1-5-26-14-10-11-15-28(26)33(38(36,37)27-18-16-23(3)17-19-27)22-29(34)32(24(4)30(35)31-6-2)21-20-25-12-8-7-9-13-25/h7-19,24H,5-6,20-22H2,1-4H3,(H,31,35)/t24-/m1/s1. The molecule has 0 aliphatic rings. The number of sulfonamides is 1. The van der Waals surface area contributed by atoms with Gasteiger partial charge in [-0.15, -0.1) is 0 Å². The van der Waals surface area contributed by atoms with Crippen molar-refractivity contribution in [3.05, 3.63) is 95.6 Å². The number of carbonyl (C=O) groups is 2. The first kappa shape index (κ1) is 28.9. The third-order valence-electron chi connectivity index (χ3n) is 6.53. The number of benzene rings is 3. The molecule has 0 aliphatic heterocycles. The van der Waals surface area contributed by atoms with Gasteiger partial charge in [0.15, 0.2) is 0 Å². The summed E-state index contributed by atoms with van der Waals surface area (Å²) in [5.74, 6) is -0.725. The molecule has 0 saturated carbocycles. The van der Waals surface area contributed by atoms with Gasteiger partial charge in [-0.2, -0.15) is 0 Å². The van der Waals surface area contributed by atoms with E-state index in [1.807, 2.05) is 63.2 Å². The third kappa shape index (κ3) is 7.01. The van der Waals surface area contributed by atoms with Gasteiger partial charge in [-0.3, -0.25) is 13.9 Å². The Morgan fingerprint density at radius 1 is 0.895 bits per heavy atom. The smallest absolute Gasteiger partial charge is 0.264 e. The largest absolute Gasteiger partial charge is 0.355 e. The van der Waals surface area contributed by atoms with Crippen molar-refractivity contribution >= 4 is 27.5 Å². The Morgan fingerprint density at radius 2 is 1.53 bits per heavy atom. The van der Waals surface area contributed by atoms with Crippen molar-refractivity contribution in [3.8, 4) is 0 Å². The van der Waals surface area contributed by atoms with Crippen molar-refractivity contribution in [1.82, 2.24) is 10.2 Å². The molecule has 0 aliphatic carbocycles. The number of amides is 2. The zero-order valence-electron chi connectivity index (χ0n) is 22.6. The summed E-state index contributed by atoms with van der Waals surface area (Å²) in [5.41, 5.74) is 3.22. The summed E-state index contributed by atoms with van der Waals surface area (Å²) in [6.07, 6.45) is 1.13. The van der Waals surface area contributed by atoms with Gasteiger partial charge in [0.2, 0.25) is 11.8 Å². The Hall–Kier alpha value is -3.65. The summed E-state index contributed by atoms with van der Waals surface area (Å²) in [6, 6.07) is 22.7. The highest BCUT2D eigenvalue weighted by atomic mass is 32.2. The van der Waals surface area contributed by atoms with Gasteiger partial charge >= 0.3 is 0 Å². The van der Waals surface area contributed by atoms with Crippen LogP contribution in [0.25, 0.3) is 0 Å². The maximum absolute atomic E-state index is 13.9. The molecule has 3 rings (SSSR count). The number of hydrogen-bond donors (Lipinski definition) is 1. The Bertz CT molecular complexity index is 1330. The number of rotatable bonds is 12. The average Bonchev–Trinajstić information content (AvgIpc) is 2.92. The van der Waals surface area contributed by atoms with Crippen LogP contribution in [-0.4, -0.2) is 50.8 Å². The van der Waals surface area contributed by atoms with Gasteiger partial charge in [-0.25, -0.2) is 8.42 Å². The Balaban J connectivity index is 2.01. The minimum absolute atomic E-state index is 0.106. The lowest BCUT2D eigenvalue weighted by Gasteiger charge is -2.32. The van der Waals surface area contributed by atoms with E-state index < -0.39 is 28.5 Å². The molecule has 0 saturated heterocycles. The summed E-state index contributed by atoms with van der Waals surface area (Å²) < 4.78 is 29.0. The second kappa shape index (κ2) is 13.2. The number of likely N-dealkylation sites (N-methyl/N-ethyl adjacent to an activating group) is 1. The predicted molar refractivity (Wildman–Crippen MR) is 152 cm³/mol. The van der Waals surface area contributed by atoms with E-state index in [-0.39, 0.29) is 17.3 Å². The van der Waals surface area contributed by atoms with Crippen LogP contribution >= 0.6 is 0 Å². The molecule has 0 fully saturated rings. The van der Waals surface area contributed by atoms with Crippen LogP contribution in [-0.2, 0) is 32.5 Å². The molecule has 1 atom stereocenters. The molecule has 38 heavy (non-hydrogen) atoms. The highest BCUT2D eigenvalue weighted by Crippen LogP contribution is 2.28. The van der Waals surface area contributed by atoms with E-state index in [9.17, 15) is 18.0 Å². The number of hydrogen-bond acceptors (Lipinski definition) is 4. The highest BCUT2D eigenvalue weighted by molar-refractivity contribution is 7.92. The van der Waals surface area contributed by atoms with Gasteiger partial charge in [0.1, 0.15) is 12.6 Å². The molecule has 3 aromatic rings. The van der Waals surface area contributed by atoms with Crippen LogP contribution in [0.2, 0.25) is 0 Å². The Kier molecular flexibility index (Phi) is 10.1. The summed E-state index contributed by atoms with van der Waals surface area (Å²) >= 11 is 0. The zero-order chi connectivity index (χ0) is 27.7. The van der Waals surface area contributed by atoms with Crippen LogP contribution in [0.15, 0.2) is 83.8 Å². The topological polar surface area (TPSA) is 86.8 Å². The minimum Gasteiger partial charge on any atom is -0.355 e. The first-order valence-corrected chi connectivity index (χ1v) is 14.4. The lowest BCUT2D eigenvalue weighted by atomic mass is 10.1. The molecule has 3 aromatic carbocycles. The second-order valence-electron chi connectivity index (χ2n) is 9.20. The van der Waals surface area contributed by atoms with E-state index in [2.05, 4.69) is 5.32 Å². The van der Waals surface area contributed by atoms with Crippen molar-refractivity contribution in [1.29, 1.82) is 0 Å². The molecule has 0 bridgehead atoms. The minimum atomic E-state index is -4.07. The van der Waals surface area contributed by atoms with E-state index in [1.165, 1.54) is 9.21 Å². The first-order valence-electron chi connectivity index (χ1n) is 13.0. The van der Waals surface area contributed by atoms with E-state index >= 15 is 0 Å². The van der Waals surface area contributed by atoms with Crippen molar-refractivity contribution < 1.29 is 18.0 Å². The van der Waals surface area contributed by atoms with Gasteiger partial charge < -0.3 is 10.2 Å². The maximum Gasteiger partial charge on any atom is 0.264 e. The van der Waals surface area contributed by atoms with Crippen LogP contribution in [0, 0.1) is 6.92 Å². The van der Waals surface area contributed by atoms with E-state index in [0.29, 0.717) is 25.1 Å². The molecule has 0 heterocycles. The fourth-order valence-corrected chi connectivity index (χ4v) is 5.75. The van der Waals surface area contributed by atoms with E-state index in [0.717, 1.165) is 16.7 Å². The summed E-state index contributed by atoms with van der Waals surface area (Å²) in [6.45, 7) is 7.60. The fourth-order valence-electron chi connectivity index (χ4n) is 4.30. The zero-order valence-corrected chi connectivity index (χ0v) is 23.4. The molecule has 8 heteroatoms. The molecule has 2 amide bonds. The molecule has 0 radical (unpaired) electrons. The number of nitrogens with one attached hydrogen (secondary N) is 1. The Labute approximate surface area is 226 Å². The third-order valence-corrected chi connectivity index (χ3v) is 8.31. The SMILES string of the molecule is CCNC(=O)[C@@H](C)N(CCc1ccccc1)C(=O)CN(c1ccccc1CC)S(=O)(=O)c1ccc(C)cc1. The van der Waals surface area contributed by atoms with Crippen molar-refractivity contribution in [2.24, 2.45) is 0 Å². The predicted octanol–water partition coefficient (Wildman–Crippen LogP) is 4.35. The second-order valence-corrected chi connectivity index (χ2v) is 11.1. The molecule has 202 valence electrons. The molecule has 1 N–H and O–H groups in total. The molecule has 7 nitrogen and oxygen atoms in total. The number of nitrogens with zero attached hydrogens (tertiary/aromatic N) is 2. The van der Waals surface area contributed by atoms with Gasteiger partial charge in [-0.05, 0) is 62.9 Å². The number of para-hydroxylation sites is 1. The number of carbonyl (C=O) groups excluding carboxylic acids is 2. The fraction of sp³-hybridized carbons (Fsp3) is 0.333. The van der Waals surface area contributed by atoms with Crippen LogP contribution in [0.5, 0.6) is 0 Å². The van der Waals surface area contributed by atoms with Gasteiger partial charge in [0.05, 0.1) is 10.6 Å². The van der Waals surface area contributed by atoms with Gasteiger partial charge in [0, 0.05) is 13.1 Å². The van der Waals surface area contributed by atoms with Crippen LogP contribution < -0.4 is 9.62 Å². The van der Waals surface area contributed by atoms with Crippen LogP contribution in [0.1, 0.15) is 37.5 Å². The molecule has 0 spiro atoms. The van der Waals surface area contributed by atoms with Gasteiger partial charge in [0.25, 0.3) is 10.0 Å². The molecular weight excluding hydrogens is 498 g/mol. The van der Waals surface area contributed by atoms with E-state index in [4.69, 9.17) is 0 Å². The normalized spacial score (nSPS) is 12.0. The number of anilines is 1. The lowest BCUT2D eigenvalue weighted by Crippen LogP contribution is -2.52. The maximum atomic E-state index is 13.9. The van der Waals surface area contributed by atoms with Crippen molar-refractivity contribution in [2.75, 3.05) is 23.9 Å². The lowest BCUT2D eigenvalue weighted by molar-refractivity contribution is -0.138. The van der Waals surface area contributed by atoms with E-state index in [1.54, 1.807) is 43.3 Å². The molecular formula is C30H37N3O4S. The summed E-state index contributed by atoms with van der Waals surface area (Å²) in [4.78, 5) is 28.2. The quantitative estimate of drug-likeness (QED) is 0.374. The summed E-state index contributed by atoms with van der Waals surface area (Å²) in [7, 11) is -4.07. The summed E-state index contributed by atoms with van der Waals surface area (Å²) in [5, 5.41) is 2.78. The van der Waals surface area contributed by atoms with Crippen LogP contribution in [0.3, 0.4) is 0 Å². The Morgan fingerprint density at radius 3 is 2.16 bits per heavy atom. The number of aryl methyl sites for hydroxylation is 2. The first-order chi connectivity index (χ1) is 18.2. The highest BCUT2D eigenvalue weighted by Gasteiger charge is 2.32. The molecule has 0 aromatic heterocycles. The van der Waals surface area contributed by atoms with Crippen LogP contribution in [0.4, 0.5) is 5.69 Å².